The van der Waals surface area contributed by atoms with Crippen LogP contribution in [0.3, 0.4) is 0 Å². The molecule has 4 nitrogen and oxygen atoms in total. The van der Waals surface area contributed by atoms with Gasteiger partial charge in [0.2, 0.25) is 0 Å². The summed E-state index contributed by atoms with van der Waals surface area (Å²) in [7, 11) is 0. The van der Waals surface area contributed by atoms with E-state index in [0.717, 1.165) is 51.4 Å². The van der Waals surface area contributed by atoms with Crippen molar-refractivity contribution in [2.24, 2.45) is 0 Å². The van der Waals surface area contributed by atoms with Gasteiger partial charge in [-0.15, -0.1) is 0 Å². The average Bonchev–Trinajstić information content (AvgIpc) is 2.59. The summed E-state index contributed by atoms with van der Waals surface area (Å²) in [6.07, 6.45) is 19.1. The van der Waals surface area contributed by atoms with Crippen molar-refractivity contribution in [2.45, 2.75) is 103 Å². The first-order valence-corrected chi connectivity index (χ1v) is 10.2. The monoisotopic (exact) mass is 366 g/mol. The molecule has 0 saturated heterocycles. The van der Waals surface area contributed by atoms with Crippen molar-refractivity contribution < 1.29 is 19.1 Å². The van der Waals surface area contributed by atoms with Gasteiger partial charge in [0.25, 0.3) is 0 Å². The topological polar surface area (TPSA) is 52.6 Å². The van der Waals surface area contributed by atoms with E-state index in [-0.39, 0.29) is 18.0 Å². The average molecular weight is 367 g/mol. The molecule has 150 valence electrons. The predicted octanol–water partition coefficient (Wildman–Crippen LogP) is 6.25. The van der Waals surface area contributed by atoms with Gasteiger partial charge in [0.1, 0.15) is 6.10 Å². The Labute approximate surface area is 160 Å². The quantitative estimate of drug-likeness (QED) is 0.132. The van der Waals surface area contributed by atoms with E-state index in [9.17, 15) is 9.59 Å². The van der Waals surface area contributed by atoms with Gasteiger partial charge in [-0.05, 0) is 32.1 Å². The molecule has 0 bridgehead atoms. The summed E-state index contributed by atoms with van der Waals surface area (Å²) in [5.74, 6) is -0.379. The molecule has 4 heteroatoms. The third-order valence-corrected chi connectivity index (χ3v) is 4.24. The fourth-order valence-electron chi connectivity index (χ4n) is 2.84. The van der Waals surface area contributed by atoms with Crippen molar-refractivity contribution in [3.05, 3.63) is 25.0 Å². The maximum absolute atomic E-state index is 11.2. The maximum Gasteiger partial charge on any atom is 0.310 e. The van der Waals surface area contributed by atoms with Gasteiger partial charge in [-0.2, -0.15) is 0 Å². The summed E-state index contributed by atoms with van der Waals surface area (Å²) in [5.41, 5.74) is 0. The Balaban J connectivity index is 3.68. The van der Waals surface area contributed by atoms with Crippen molar-refractivity contribution in [1.29, 1.82) is 0 Å². The van der Waals surface area contributed by atoms with Crippen molar-refractivity contribution in [2.75, 3.05) is 0 Å². The van der Waals surface area contributed by atoms with Gasteiger partial charge in [0.15, 0.2) is 0 Å². The van der Waals surface area contributed by atoms with Crippen LogP contribution in [-0.2, 0) is 19.1 Å². The second kappa shape index (κ2) is 18.2. The molecule has 0 aromatic rings. The van der Waals surface area contributed by atoms with E-state index in [2.05, 4.69) is 30.4 Å². The first-order valence-electron chi connectivity index (χ1n) is 10.2. The number of unbranched alkanes of at least 4 members (excludes halogenated alkanes) is 8. The first-order chi connectivity index (χ1) is 12.6. The number of hydrogen-bond acceptors (Lipinski definition) is 4. The number of esters is 2. The minimum absolute atomic E-state index is 0.0240. The zero-order valence-electron chi connectivity index (χ0n) is 16.8. The predicted molar refractivity (Wildman–Crippen MR) is 107 cm³/mol. The van der Waals surface area contributed by atoms with Gasteiger partial charge >= 0.3 is 11.9 Å². The number of carbonyl (C=O) groups excluding carboxylic acids is 2. The number of allylic oxidation sites excluding steroid dienone is 1. The largest absolute Gasteiger partial charge is 0.462 e. The van der Waals surface area contributed by atoms with Crippen LogP contribution < -0.4 is 0 Å². The van der Waals surface area contributed by atoms with Crippen molar-refractivity contribution >= 4 is 11.9 Å². The summed E-state index contributed by atoms with van der Waals surface area (Å²) < 4.78 is 10.1. The normalized spacial score (nSPS) is 12.1. The van der Waals surface area contributed by atoms with Gasteiger partial charge < -0.3 is 9.47 Å². The SMILES string of the molecule is C=COC(=O)CCCCCCC/C=C\C[C@@H](CCCCCC)OC(C)=O. The minimum Gasteiger partial charge on any atom is -0.462 e. The lowest BCUT2D eigenvalue weighted by atomic mass is 10.1. The molecule has 0 aromatic heterocycles. The number of ether oxygens (including phenoxy) is 2. The van der Waals surface area contributed by atoms with Crippen LogP contribution >= 0.6 is 0 Å². The fourth-order valence-corrected chi connectivity index (χ4v) is 2.84. The third kappa shape index (κ3) is 17.2. The lowest BCUT2D eigenvalue weighted by Crippen LogP contribution is -2.15. The molecule has 0 fully saturated rings. The molecule has 0 amide bonds. The van der Waals surface area contributed by atoms with E-state index in [1.165, 1.54) is 38.9 Å². The lowest BCUT2D eigenvalue weighted by molar-refractivity contribution is -0.146. The number of hydrogen-bond donors (Lipinski definition) is 0. The molecular formula is C22H38O4. The van der Waals surface area contributed by atoms with Gasteiger partial charge in [0.05, 0.1) is 6.26 Å². The summed E-state index contributed by atoms with van der Waals surface area (Å²) >= 11 is 0. The molecule has 1 atom stereocenters. The van der Waals surface area contributed by atoms with E-state index in [1.807, 2.05) is 0 Å². The van der Waals surface area contributed by atoms with Crippen LogP contribution in [0.4, 0.5) is 0 Å². The lowest BCUT2D eigenvalue weighted by Gasteiger charge is -2.15. The summed E-state index contributed by atoms with van der Waals surface area (Å²) in [6.45, 7) is 7.05. The highest BCUT2D eigenvalue weighted by Gasteiger charge is 2.09. The Morgan fingerprint density at radius 3 is 2.35 bits per heavy atom. The second-order valence-electron chi connectivity index (χ2n) is 6.75. The zero-order chi connectivity index (χ0) is 19.5. The second-order valence-corrected chi connectivity index (χ2v) is 6.75. The molecule has 26 heavy (non-hydrogen) atoms. The Bertz CT molecular complexity index is 401. The summed E-state index contributed by atoms with van der Waals surface area (Å²) in [4.78, 5) is 22.3. The molecular weight excluding hydrogens is 328 g/mol. The number of rotatable bonds is 17. The minimum atomic E-state index is -0.194. The standard InChI is InChI=1S/C22H38O4/c1-4-6-7-14-17-21(26-20(3)23)18-15-12-10-8-9-11-13-16-19-22(24)25-5-2/h5,12,15,21H,2,4,6-11,13-14,16-19H2,1,3H3/b15-12-/t21-/m1/s1. The molecule has 0 N–H and O–H groups in total. The van der Waals surface area contributed by atoms with Crippen molar-refractivity contribution in [1.82, 2.24) is 0 Å². The van der Waals surface area contributed by atoms with Gasteiger partial charge in [0, 0.05) is 19.8 Å². The highest BCUT2D eigenvalue weighted by molar-refractivity contribution is 5.69. The van der Waals surface area contributed by atoms with Crippen LogP contribution in [0, 0.1) is 0 Å². The Kier molecular flexibility index (Phi) is 17.1. The van der Waals surface area contributed by atoms with Crippen LogP contribution in [0.5, 0.6) is 0 Å². The van der Waals surface area contributed by atoms with Gasteiger partial charge in [-0.1, -0.05) is 64.2 Å². The van der Waals surface area contributed by atoms with E-state index in [4.69, 9.17) is 4.74 Å². The van der Waals surface area contributed by atoms with E-state index in [1.54, 1.807) is 0 Å². The van der Waals surface area contributed by atoms with Crippen LogP contribution in [0.2, 0.25) is 0 Å². The Hall–Kier alpha value is -1.58. The summed E-state index contributed by atoms with van der Waals surface area (Å²) in [5, 5.41) is 0. The van der Waals surface area contributed by atoms with Crippen LogP contribution in [-0.4, -0.2) is 18.0 Å². The molecule has 0 heterocycles. The highest BCUT2D eigenvalue weighted by atomic mass is 16.5. The molecule has 0 radical (unpaired) electrons. The molecule has 0 aliphatic rings. The first kappa shape index (κ1) is 24.4. The molecule has 0 aliphatic carbocycles. The van der Waals surface area contributed by atoms with Crippen LogP contribution in [0.15, 0.2) is 25.0 Å². The van der Waals surface area contributed by atoms with Gasteiger partial charge in [-0.3, -0.25) is 9.59 Å². The van der Waals surface area contributed by atoms with Crippen molar-refractivity contribution in [3.63, 3.8) is 0 Å². The molecule has 0 aliphatic heterocycles. The molecule has 0 rings (SSSR count). The zero-order valence-corrected chi connectivity index (χ0v) is 16.8. The van der Waals surface area contributed by atoms with E-state index >= 15 is 0 Å². The van der Waals surface area contributed by atoms with E-state index in [0.29, 0.717) is 6.42 Å². The van der Waals surface area contributed by atoms with Crippen LogP contribution in [0.25, 0.3) is 0 Å². The van der Waals surface area contributed by atoms with Crippen molar-refractivity contribution in [3.8, 4) is 0 Å². The number of carbonyl (C=O) groups is 2. The molecule has 0 aromatic carbocycles. The Morgan fingerprint density at radius 2 is 1.65 bits per heavy atom. The Morgan fingerprint density at radius 1 is 0.962 bits per heavy atom. The third-order valence-electron chi connectivity index (χ3n) is 4.24. The van der Waals surface area contributed by atoms with E-state index < -0.39 is 0 Å². The van der Waals surface area contributed by atoms with Crippen LogP contribution in [0.1, 0.15) is 97.3 Å². The van der Waals surface area contributed by atoms with Gasteiger partial charge in [-0.25, -0.2) is 0 Å². The molecule has 0 spiro atoms. The molecule has 0 unspecified atom stereocenters. The summed E-state index contributed by atoms with van der Waals surface area (Å²) in [6, 6.07) is 0. The fraction of sp³-hybridized carbons (Fsp3) is 0.727. The highest BCUT2D eigenvalue weighted by Crippen LogP contribution is 2.13. The molecule has 0 saturated carbocycles. The maximum atomic E-state index is 11.2. The smallest absolute Gasteiger partial charge is 0.310 e.